The quantitative estimate of drug-likeness (QED) is 0.265. The summed E-state index contributed by atoms with van der Waals surface area (Å²) in [6, 6.07) is 0. The Bertz CT molecular complexity index is 458. The van der Waals surface area contributed by atoms with Gasteiger partial charge in [-0.15, -0.1) is 24.0 Å². The number of rotatable bonds is 7. The summed E-state index contributed by atoms with van der Waals surface area (Å²) in [5, 5.41) is 14.2. The molecule has 1 aromatic heterocycles. The zero-order valence-electron chi connectivity index (χ0n) is 15.2. The Morgan fingerprint density at radius 2 is 1.83 bits per heavy atom. The van der Waals surface area contributed by atoms with Gasteiger partial charge >= 0.3 is 0 Å². The molecule has 0 aliphatic rings. The van der Waals surface area contributed by atoms with Crippen LogP contribution < -0.4 is 16.0 Å². The molecule has 7 heteroatoms. The largest absolute Gasteiger partial charge is 0.361 e. The highest BCUT2D eigenvalue weighted by Gasteiger charge is 2.13. The molecule has 0 radical (unpaired) electrons. The first-order valence-electron chi connectivity index (χ1n) is 8.07. The van der Waals surface area contributed by atoms with E-state index in [-0.39, 0.29) is 29.5 Å². The minimum atomic E-state index is 0. The van der Waals surface area contributed by atoms with Crippen LogP contribution in [0.1, 0.15) is 51.6 Å². The molecule has 134 valence electrons. The fourth-order valence-electron chi connectivity index (χ4n) is 2.15. The summed E-state index contributed by atoms with van der Waals surface area (Å²) in [5.74, 6) is 1.75. The van der Waals surface area contributed by atoms with Crippen LogP contribution in [0, 0.1) is 0 Å². The van der Waals surface area contributed by atoms with Crippen molar-refractivity contribution in [3.05, 3.63) is 17.0 Å². The Labute approximate surface area is 157 Å². The van der Waals surface area contributed by atoms with Crippen molar-refractivity contribution >= 4 is 29.9 Å². The monoisotopic (exact) mass is 437 g/mol. The topological polar surface area (TPSA) is 74.5 Å². The summed E-state index contributed by atoms with van der Waals surface area (Å²) < 4.78 is 5.38. The molecule has 0 atom stereocenters. The van der Waals surface area contributed by atoms with Crippen LogP contribution in [0.25, 0.3) is 0 Å². The fraction of sp³-hybridized carbons (Fsp3) is 0.750. The van der Waals surface area contributed by atoms with Crippen LogP contribution in [0.4, 0.5) is 0 Å². The second kappa shape index (κ2) is 10.9. The number of hydrogen-bond donors (Lipinski definition) is 3. The molecule has 0 bridgehead atoms. The van der Waals surface area contributed by atoms with Crippen molar-refractivity contribution < 1.29 is 4.52 Å². The average molecular weight is 437 g/mol. The summed E-state index contributed by atoms with van der Waals surface area (Å²) in [6.45, 7) is 13.0. The third-order valence-corrected chi connectivity index (χ3v) is 3.34. The molecular weight excluding hydrogens is 405 g/mol. The van der Waals surface area contributed by atoms with Crippen molar-refractivity contribution in [2.45, 2.75) is 59.5 Å². The second-order valence-corrected chi connectivity index (χ2v) is 6.27. The van der Waals surface area contributed by atoms with E-state index in [4.69, 9.17) is 4.52 Å². The van der Waals surface area contributed by atoms with Crippen molar-refractivity contribution in [1.29, 1.82) is 0 Å². The molecule has 0 saturated carbocycles. The third-order valence-electron chi connectivity index (χ3n) is 3.34. The van der Waals surface area contributed by atoms with Gasteiger partial charge in [-0.25, -0.2) is 0 Å². The van der Waals surface area contributed by atoms with Gasteiger partial charge in [0, 0.05) is 44.2 Å². The number of hydrogen-bond acceptors (Lipinski definition) is 4. The van der Waals surface area contributed by atoms with Gasteiger partial charge in [0.1, 0.15) is 5.76 Å². The van der Waals surface area contributed by atoms with Crippen LogP contribution in [0.2, 0.25) is 0 Å². The van der Waals surface area contributed by atoms with Gasteiger partial charge in [-0.3, -0.25) is 4.99 Å². The highest BCUT2D eigenvalue weighted by Crippen LogP contribution is 2.15. The molecule has 0 fully saturated rings. The highest BCUT2D eigenvalue weighted by atomic mass is 127. The molecule has 3 N–H and O–H groups in total. The van der Waals surface area contributed by atoms with E-state index in [1.165, 1.54) is 0 Å². The molecule has 23 heavy (non-hydrogen) atoms. The summed E-state index contributed by atoms with van der Waals surface area (Å²) in [5.41, 5.74) is 2.31. The van der Waals surface area contributed by atoms with Gasteiger partial charge in [0.2, 0.25) is 0 Å². The number of aliphatic imine (C=N–C) groups is 1. The number of nitrogens with zero attached hydrogens (tertiary/aromatic N) is 2. The van der Waals surface area contributed by atoms with E-state index in [0.717, 1.165) is 48.9 Å². The van der Waals surface area contributed by atoms with Gasteiger partial charge in [0.15, 0.2) is 5.96 Å². The number of guanidine groups is 1. The summed E-state index contributed by atoms with van der Waals surface area (Å²) in [7, 11) is 1.78. The van der Waals surface area contributed by atoms with E-state index in [1.54, 1.807) is 7.05 Å². The van der Waals surface area contributed by atoms with Crippen LogP contribution in [0.15, 0.2) is 9.52 Å². The summed E-state index contributed by atoms with van der Waals surface area (Å²) in [4.78, 5) is 4.25. The summed E-state index contributed by atoms with van der Waals surface area (Å²) >= 11 is 0. The number of aromatic nitrogens is 1. The molecule has 1 rings (SSSR count). The molecule has 0 aliphatic carbocycles. The Balaban J connectivity index is 0.00000484. The van der Waals surface area contributed by atoms with Crippen molar-refractivity contribution in [3.8, 4) is 0 Å². The lowest BCUT2D eigenvalue weighted by Crippen LogP contribution is -2.44. The normalized spacial score (nSPS) is 12.0. The van der Waals surface area contributed by atoms with E-state index < -0.39 is 0 Å². The molecule has 1 heterocycles. The van der Waals surface area contributed by atoms with Crippen LogP contribution in [-0.4, -0.2) is 36.8 Å². The minimum absolute atomic E-state index is 0. The van der Waals surface area contributed by atoms with E-state index in [9.17, 15) is 0 Å². The maximum absolute atomic E-state index is 5.38. The molecule has 1 aromatic rings. The lowest BCUT2D eigenvalue weighted by molar-refractivity contribution is 0.380. The number of aryl methyl sites for hydroxylation is 2. The van der Waals surface area contributed by atoms with Gasteiger partial charge in [-0.1, -0.05) is 19.0 Å². The standard InChI is InChI=1S/C16H31N5O.HI/c1-7-13-12(14(8-2)22-21-13)11-19-15(17-6)18-9-10-20-16(3,4)5;/h20H,7-11H2,1-6H3,(H2,17,18,19);1H. The first-order chi connectivity index (χ1) is 10.4. The van der Waals surface area contributed by atoms with Gasteiger partial charge < -0.3 is 20.5 Å². The summed E-state index contributed by atoms with van der Waals surface area (Å²) in [6.07, 6.45) is 1.73. The predicted molar refractivity (Wildman–Crippen MR) is 107 cm³/mol. The third kappa shape index (κ3) is 8.01. The minimum Gasteiger partial charge on any atom is -0.361 e. The van der Waals surface area contributed by atoms with Gasteiger partial charge in [-0.05, 0) is 27.2 Å². The van der Waals surface area contributed by atoms with Crippen molar-refractivity contribution in [1.82, 2.24) is 21.1 Å². The maximum atomic E-state index is 5.38. The molecule has 0 aromatic carbocycles. The zero-order valence-corrected chi connectivity index (χ0v) is 17.6. The Kier molecular flexibility index (Phi) is 10.5. The Morgan fingerprint density at radius 3 is 2.35 bits per heavy atom. The van der Waals surface area contributed by atoms with Crippen molar-refractivity contribution in [3.63, 3.8) is 0 Å². The van der Waals surface area contributed by atoms with E-state index in [0.29, 0.717) is 6.54 Å². The number of nitrogens with one attached hydrogen (secondary N) is 3. The smallest absolute Gasteiger partial charge is 0.191 e. The van der Waals surface area contributed by atoms with Crippen molar-refractivity contribution in [2.75, 3.05) is 20.1 Å². The lowest BCUT2D eigenvalue weighted by Gasteiger charge is -2.21. The first-order valence-corrected chi connectivity index (χ1v) is 8.07. The van der Waals surface area contributed by atoms with Crippen LogP contribution in [0.3, 0.4) is 0 Å². The Hall–Kier alpha value is -0.830. The molecular formula is C16H32IN5O. The average Bonchev–Trinajstić information content (AvgIpc) is 2.87. The molecule has 0 spiro atoms. The van der Waals surface area contributed by atoms with Crippen molar-refractivity contribution in [2.24, 2.45) is 4.99 Å². The SMILES string of the molecule is CCc1noc(CC)c1CNC(=NC)NCCNC(C)(C)C.I. The molecule has 0 unspecified atom stereocenters. The van der Waals surface area contributed by atoms with Crippen LogP contribution in [-0.2, 0) is 19.4 Å². The van der Waals surface area contributed by atoms with Crippen LogP contribution >= 0.6 is 24.0 Å². The molecule has 6 nitrogen and oxygen atoms in total. The zero-order chi connectivity index (χ0) is 16.6. The van der Waals surface area contributed by atoms with Crippen LogP contribution in [0.5, 0.6) is 0 Å². The van der Waals surface area contributed by atoms with Gasteiger partial charge in [0.05, 0.1) is 5.69 Å². The van der Waals surface area contributed by atoms with Gasteiger partial charge in [-0.2, -0.15) is 0 Å². The second-order valence-electron chi connectivity index (χ2n) is 6.27. The first kappa shape index (κ1) is 22.2. The maximum Gasteiger partial charge on any atom is 0.191 e. The molecule has 0 saturated heterocycles. The highest BCUT2D eigenvalue weighted by molar-refractivity contribution is 14.0. The molecule has 0 amide bonds. The van der Waals surface area contributed by atoms with E-state index in [2.05, 4.69) is 60.7 Å². The fourth-order valence-corrected chi connectivity index (χ4v) is 2.15. The lowest BCUT2D eigenvalue weighted by atomic mass is 10.1. The predicted octanol–water partition coefficient (Wildman–Crippen LogP) is 2.47. The molecule has 0 aliphatic heterocycles. The van der Waals surface area contributed by atoms with Gasteiger partial charge in [0.25, 0.3) is 0 Å². The number of halogens is 1. The Morgan fingerprint density at radius 1 is 1.13 bits per heavy atom. The van der Waals surface area contributed by atoms with E-state index >= 15 is 0 Å². The van der Waals surface area contributed by atoms with E-state index in [1.807, 2.05) is 0 Å².